The van der Waals surface area contributed by atoms with Gasteiger partial charge in [-0.25, -0.2) is 13.8 Å². The summed E-state index contributed by atoms with van der Waals surface area (Å²) in [6.07, 6.45) is 10.6. The molecule has 7 heteroatoms. The summed E-state index contributed by atoms with van der Waals surface area (Å²) in [6, 6.07) is 15.9. The van der Waals surface area contributed by atoms with Crippen molar-refractivity contribution in [3.63, 3.8) is 0 Å². The van der Waals surface area contributed by atoms with Gasteiger partial charge < -0.3 is 0 Å². The predicted octanol–water partition coefficient (Wildman–Crippen LogP) is 5.19. The maximum absolute atomic E-state index is 12.6. The quantitative estimate of drug-likeness (QED) is 0.394. The van der Waals surface area contributed by atoms with Gasteiger partial charge in [-0.3, -0.25) is 9.10 Å². The van der Waals surface area contributed by atoms with Crippen molar-refractivity contribution in [1.29, 1.82) is 0 Å². The number of nitrogens with one attached hydrogen (secondary N) is 1. The van der Waals surface area contributed by atoms with Gasteiger partial charge >= 0.3 is 0 Å². The van der Waals surface area contributed by atoms with Crippen molar-refractivity contribution in [2.45, 2.75) is 63.7 Å². The summed E-state index contributed by atoms with van der Waals surface area (Å²) in [5, 5.41) is 4.02. The molecule has 6 rings (SSSR count). The second-order valence-corrected chi connectivity index (χ2v) is 13.5. The Balaban J connectivity index is 1.25. The highest BCUT2D eigenvalue weighted by molar-refractivity contribution is 7.92. The molecule has 36 heavy (non-hydrogen) atoms. The molecule has 0 aromatic heterocycles. The van der Waals surface area contributed by atoms with Crippen molar-refractivity contribution in [2.75, 3.05) is 17.1 Å². The Labute approximate surface area is 215 Å². The van der Waals surface area contributed by atoms with Crippen LogP contribution in [0.15, 0.2) is 53.6 Å². The Hall–Kier alpha value is -2.67. The Kier molecular flexibility index (Phi) is 6.70. The zero-order valence-corrected chi connectivity index (χ0v) is 22.3. The van der Waals surface area contributed by atoms with E-state index in [1.165, 1.54) is 49.7 Å². The lowest BCUT2D eigenvalue weighted by atomic mass is 9.48. The molecule has 0 atom stereocenters. The van der Waals surface area contributed by atoms with Crippen LogP contribution >= 0.6 is 0 Å². The summed E-state index contributed by atoms with van der Waals surface area (Å²) in [5.74, 6) is 2.50. The number of benzene rings is 2. The lowest BCUT2D eigenvalue weighted by molar-refractivity contribution is -0.119. The van der Waals surface area contributed by atoms with E-state index >= 15 is 0 Å². The number of hydrogen-bond donors (Lipinski definition) is 1. The van der Waals surface area contributed by atoms with Crippen molar-refractivity contribution in [3.8, 4) is 0 Å². The minimum atomic E-state index is -3.64. The van der Waals surface area contributed by atoms with E-state index < -0.39 is 15.9 Å². The zero-order valence-electron chi connectivity index (χ0n) is 21.5. The Morgan fingerprint density at radius 1 is 1.00 bits per heavy atom. The monoisotopic (exact) mass is 507 g/mol. The fourth-order valence-corrected chi connectivity index (χ4v) is 8.01. The normalized spacial score (nSPS) is 27.1. The van der Waals surface area contributed by atoms with Crippen molar-refractivity contribution in [2.24, 2.45) is 22.9 Å². The van der Waals surface area contributed by atoms with Crippen LogP contribution in [0.5, 0.6) is 0 Å². The largest absolute Gasteiger partial charge is 0.271 e. The average Bonchev–Trinajstić information content (AvgIpc) is 2.81. The summed E-state index contributed by atoms with van der Waals surface area (Å²) in [7, 11) is -3.64. The highest BCUT2D eigenvalue weighted by Gasteiger charge is 2.51. The first-order chi connectivity index (χ1) is 17.1. The highest BCUT2D eigenvalue weighted by atomic mass is 32.2. The van der Waals surface area contributed by atoms with Gasteiger partial charge in [0, 0.05) is 0 Å². The van der Waals surface area contributed by atoms with Gasteiger partial charge in [0.1, 0.15) is 6.54 Å². The fourth-order valence-electron chi connectivity index (χ4n) is 7.16. The minimum absolute atomic E-state index is 0.253. The molecule has 6 nitrogen and oxygen atoms in total. The number of hydrazone groups is 1. The summed E-state index contributed by atoms with van der Waals surface area (Å²) >= 11 is 0. The number of amides is 1. The van der Waals surface area contributed by atoms with Gasteiger partial charge in [0.05, 0.1) is 18.2 Å². The van der Waals surface area contributed by atoms with Gasteiger partial charge in [0.2, 0.25) is 10.0 Å². The van der Waals surface area contributed by atoms with E-state index in [1.807, 2.05) is 36.4 Å². The lowest BCUT2D eigenvalue weighted by Gasteiger charge is -2.57. The number of rotatable bonds is 8. The third-order valence-corrected chi connectivity index (χ3v) is 9.64. The lowest BCUT2D eigenvalue weighted by Crippen LogP contribution is -2.48. The van der Waals surface area contributed by atoms with Crippen LogP contribution in [0, 0.1) is 17.8 Å². The molecule has 2 aromatic rings. The topological polar surface area (TPSA) is 78.8 Å². The Morgan fingerprint density at radius 3 is 2.06 bits per heavy atom. The average molecular weight is 508 g/mol. The molecule has 4 fully saturated rings. The first-order valence-corrected chi connectivity index (χ1v) is 15.0. The molecular weight excluding hydrogens is 470 g/mol. The van der Waals surface area contributed by atoms with Gasteiger partial charge in [-0.05, 0) is 96.4 Å². The third kappa shape index (κ3) is 5.22. The molecule has 1 amide bonds. The highest BCUT2D eigenvalue weighted by Crippen LogP contribution is 2.60. The molecule has 0 saturated heterocycles. The molecule has 4 aliphatic carbocycles. The maximum atomic E-state index is 12.6. The van der Waals surface area contributed by atoms with Crippen LogP contribution < -0.4 is 9.73 Å². The van der Waals surface area contributed by atoms with E-state index in [-0.39, 0.29) is 12.0 Å². The van der Waals surface area contributed by atoms with Gasteiger partial charge in [-0.1, -0.05) is 50.2 Å². The Bertz CT molecular complexity index is 1200. The molecule has 0 spiro atoms. The first-order valence-electron chi connectivity index (χ1n) is 13.1. The second kappa shape index (κ2) is 9.66. The molecule has 4 aliphatic rings. The van der Waals surface area contributed by atoms with E-state index in [0.717, 1.165) is 33.9 Å². The molecule has 0 radical (unpaired) electrons. The van der Waals surface area contributed by atoms with Gasteiger partial charge in [-0.15, -0.1) is 0 Å². The number of sulfonamides is 1. The summed E-state index contributed by atoms with van der Waals surface area (Å²) in [4.78, 5) is 12.6. The molecule has 4 bridgehead atoms. The Morgan fingerprint density at radius 2 is 1.56 bits per heavy atom. The molecule has 2 aromatic carbocycles. The number of nitrogens with zero attached hydrogens (tertiary/aromatic N) is 2. The molecule has 192 valence electrons. The van der Waals surface area contributed by atoms with Crippen molar-refractivity contribution < 1.29 is 13.2 Å². The van der Waals surface area contributed by atoms with Crippen LogP contribution in [0.4, 0.5) is 5.69 Å². The van der Waals surface area contributed by atoms with Gasteiger partial charge in [-0.2, -0.15) is 5.10 Å². The minimum Gasteiger partial charge on any atom is -0.271 e. The SMILES string of the molecule is CC(C)c1ccc(/C=N/NC(=O)CN(c2ccc(C34CC5CC(CC(C5)C3)C4)cc2)S(C)(=O)=O)cc1. The van der Waals surface area contributed by atoms with Gasteiger partial charge in [0.15, 0.2) is 0 Å². The van der Waals surface area contributed by atoms with E-state index in [0.29, 0.717) is 11.6 Å². The van der Waals surface area contributed by atoms with Crippen LogP contribution in [-0.2, 0) is 20.2 Å². The van der Waals surface area contributed by atoms with E-state index in [1.54, 1.807) is 6.21 Å². The molecule has 0 unspecified atom stereocenters. The summed E-state index contributed by atoms with van der Waals surface area (Å²) in [5.41, 5.74) is 6.65. The van der Waals surface area contributed by atoms with Crippen molar-refractivity contribution in [3.05, 3.63) is 65.2 Å². The standard InChI is InChI=1S/C29H37N3O3S/c1-20(2)25-6-4-21(5-7-25)18-30-31-28(33)19-32(36(3,34)35)27-10-8-26(9-11-27)29-15-22-12-23(16-29)14-24(13-22)17-29/h4-11,18,20,22-24H,12-17,19H2,1-3H3,(H,31,33)/b30-18+. The number of hydrogen-bond acceptors (Lipinski definition) is 4. The number of anilines is 1. The van der Waals surface area contributed by atoms with Crippen LogP contribution in [0.1, 0.15) is 75.0 Å². The predicted molar refractivity (Wildman–Crippen MR) is 145 cm³/mol. The number of carbonyl (C=O) groups excluding carboxylic acids is 1. The van der Waals surface area contributed by atoms with E-state index in [4.69, 9.17) is 0 Å². The number of carbonyl (C=O) groups is 1. The molecular formula is C29H37N3O3S. The molecule has 0 aliphatic heterocycles. The van der Waals surface area contributed by atoms with Crippen LogP contribution in [0.3, 0.4) is 0 Å². The van der Waals surface area contributed by atoms with Crippen molar-refractivity contribution in [1.82, 2.24) is 5.43 Å². The van der Waals surface area contributed by atoms with Gasteiger partial charge in [0.25, 0.3) is 5.91 Å². The third-order valence-electron chi connectivity index (χ3n) is 8.50. The molecule has 1 N–H and O–H groups in total. The fraction of sp³-hybridized carbons (Fsp3) is 0.517. The zero-order chi connectivity index (χ0) is 25.5. The van der Waals surface area contributed by atoms with Crippen LogP contribution in [0.2, 0.25) is 0 Å². The smallest absolute Gasteiger partial charge is 0.260 e. The summed E-state index contributed by atoms with van der Waals surface area (Å²) < 4.78 is 26.3. The molecule has 4 saturated carbocycles. The van der Waals surface area contributed by atoms with Crippen LogP contribution in [0.25, 0.3) is 0 Å². The summed E-state index contributed by atoms with van der Waals surface area (Å²) in [6.45, 7) is 3.94. The van der Waals surface area contributed by atoms with E-state index in [2.05, 4.69) is 36.5 Å². The maximum Gasteiger partial charge on any atom is 0.260 e. The first kappa shape index (κ1) is 25.0. The van der Waals surface area contributed by atoms with Crippen LogP contribution in [-0.4, -0.2) is 33.3 Å². The molecule has 0 heterocycles. The second-order valence-electron chi connectivity index (χ2n) is 11.6. The van der Waals surface area contributed by atoms with E-state index in [9.17, 15) is 13.2 Å². The van der Waals surface area contributed by atoms with Crippen molar-refractivity contribution >= 4 is 27.8 Å².